The van der Waals surface area contributed by atoms with Gasteiger partial charge in [-0.15, -0.1) is 0 Å². The van der Waals surface area contributed by atoms with E-state index in [9.17, 15) is 0 Å². The minimum Gasteiger partial charge on any atom is -0.404 e. The van der Waals surface area contributed by atoms with Crippen molar-refractivity contribution in [1.29, 1.82) is 0 Å². The summed E-state index contributed by atoms with van der Waals surface area (Å²) in [4.78, 5) is 0. The maximum atomic E-state index is 5.24. The molecule has 0 unspecified atom stereocenters. The van der Waals surface area contributed by atoms with Crippen molar-refractivity contribution in [3.05, 3.63) is 36.1 Å². The Hall–Kier alpha value is -0.980. The van der Waals surface area contributed by atoms with Crippen molar-refractivity contribution in [2.24, 2.45) is 5.73 Å². The summed E-state index contributed by atoms with van der Waals surface area (Å²) in [6, 6.07) is 0. The molecule has 0 atom stereocenters. The normalized spacial score (nSPS) is 22.2. The monoisotopic (exact) mass is 106 g/mol. The molecule has 0 aromatic rings. The van der Waals surface area contributed by atoms with Crippen LogP contribution in [0.4, 0.5) is 0 Å². The second kappa shape index (κ2) is 2.36. The molecule has 41 valence electrons. The lowest BCUT2D eigenvalue weighted by atomic mass is 10.1. The van der Waals surface area contributed by atoms with Gasteiger partial charge >= 0.3 is 0 Å². The molecule has 0 aliphatic heterocycles. The third-order valence-corrected chi connectivity index (χ3v) is 1.04. The Balaban J connectivity index is 2.66. The second-order valence-corrected chi connectivity index (χ2v) is 1.65. The molecule has 0 aromatic heterocycles. The van der Waals surface area contributed by atoms with E-state index in [1.165, 1.54) is 0 Å². The third kappa shape index (κ3) is 0.997. The molecule has 0 aromatic carbocycles. The van der Waals surface area contributed by atoms with Gasteiger partial charge in [0.1, 0.15) is 0 Å². The Morgan fingerprint density at radius 2 is 2.62 bits per heavy atom. The molecule has 1 rings (SSSR count). The van der Waals surface area contributed by atoms with Crippen LogP contribution in [-0.2, 0) is 0 Å². The van der Waals surface area contributed by atoms with Crippen molar-refractivity contribution in [3.63, 3.8) is 0 Å². The van der Waals surface area contributed by atoms with Gasteiger partial charge in [-0.05, 0) is 24.3 Å². The van der Waals surface area contributed by atoms with Crippen molar-refractivity contribution >= 4 is 0 Å². The molecular weight excluding hydrogens is 98.1 g/mol. The minimum atomic E-state index is 0.854. The molecule has 0 spiro atoms. The van der Waals surface area contributed by atoms with Gasteiger partial charge in [0.25, 0.3) is 0 Å². The fourth-order valence-corrected chi connectivity index (χ4v) is 0.590. The summed E-state index contributed by atoms with van der Waals surface area (Å²) < 4.78 is 0. The molecule has 0 heterocycles. The van der Waals surface area contributed by atoms with Gasteiger partial charge in [0, 0.05) is 0 Å². The van der Waals surface area contributed by atoms with E-state index in [1.807, 2.05) is 18.2 Å². The number of hydrogen-bond donors (Lipinski definition) is 1. The van der Waals surface area contributed by atoms with E-state index in [1.54, 1.807) is 6.20 Å². The Kier molecular flexibility index (Phi) is 1.52. The van der Waals surface area contributed by atoms with Crippen LogP contribution in [-0.4, -0.2) is 0 Å². The van der Waals surface area contributed by atoms with Crippen LogP contribution in [0.1, 0.15) is 6.42 Å². The first-order chi connectivity index (χ1) is 3.93. The van der Waals surface area contributed by atoms with Gasteiger partial charge in [-0.2, -0.15) is 0 Å². The van der Waals surface area contributed by atoms with Crippen LogP contribution < -0.4 is 5.73 Å². The molecule has 1 aliphatic rings. The summed E-state index contributed by atoms with van der Waals surface area (Å²) >= 11 is 0. The van der Waals surface area contributed by atoms with Gasteiger partial charge in [-0.3, -0.25) is 0 Å². The fraction of sp³-hybridized carbons (Fsp3) is 0.143. The lowest BCUT2D eigenvalue weighted by Gasteiger charge is -1.96. The molecule has 0 amide bonds. The van der Waals surface area contributed by atoms with Crippen molar-refractivity contribution in [2.45, 2.75) is 6.42 Å². The molecule has 0 saturated heterocycles. The lowest BCUT2D eigenvalue weighted by molar-refractivity contribution is 1.20. The van der Waals surface area contributed by atoms with E-state index < -0.39 is 0 Å². The molecule has 0 saturated carbocycles. The zero-order valence-electron chi connectivity index (χ0n) is 4.59. The highest BCUT2D eigenvalue weighted by Gasteiger charge is 1.89. The first kappa shape index (κ1) is 5.16. The maximum Gasteiger partial charge on any atom is -0.000873 e. The van der Waals surface area contributed by atoms with Gasteiger partial charge < -0.3 is 5.73 Å². The highest BCUT2D eigenvalue weighted by atomic mass is 14.5. The molecule has 1 aliphatic carbocycles. The zero-order chi connectivity index (χ0) is 5.82. The lowest BCUT2D eigenvalue weighted by Crippen LogP contribution is -1.86. The highest BCUT2D eigenvalue weighted by molar-refractivity contribution is 5.26. The Labute approximate surface area is 49.2 Å². The third-order valence-electron chi connectivity index (χ3n) is 1.04. The Bertz CT molecular complexity index is 152. The molecule has 0 fully saturated rings. The second-order valence-electron chi connectivity index (χ2n) is 1.65. The average Bonchev–Trinajstić information content (AvgIpc) is 1.90. The molecular formula is C7H8N. The summed E-state index contributed by atoms with van der Waals surface area (Å²) in [5.41, 5.74) is 6.37. The first-order valence-electron chi connectivity index (χ1n) is 2.57. The summed E-state index contributed by atoms with van der Waals surface area (Å²) in [5, 5.41) is 0. The SMILES string of the molecule is N/C=C1\C=CC=[C]C1. The van der Waals surface area contributed by atoms with Gasteiger partial charge in [0.2, 0.25) is 0 Å². The van der Waals surface area contributed by atoms with E-state index in [0.717, 1.165) is 12.0 Å². The quantitative estimate of drug-likeness (QED) is 0.492. The van der Waals surface area contributed by atoms with Crippen molar-refractivity contribution in [1.82, 2.24) is 0 Å². The Morgan fingerprint density at radius 3 is 3.00 bits per heavy atom. The standard InChI is InChI=1S/C7H8N/c8-6-7-4-2-1-3-5-7/h1-2,4,6H,5,8H2/b7-6+. The Morgan fingerprint density at radius 1 is 1.75 bits per heavy atom. The van der Waals surface area contributed by atoms with Crippen LogP contribution in [0.2, 0.25) is 0 Å². The topological polar surface area (TPSA) is 26.0 Å². The number of hydrogen-bond acceptors (Lipinski definition) is 1. The molecule has 1 radical (unpaired) electrons. The minimum absolute atomic E-state index is 0.854. The van der Waals surface area contributed by atoms with Gasteiger partial charge in [-0.25, -0.2) is 0 Å². The van der Waals surface area contributed by atoms with Crippen LogP contribution in [0.25, 0.3) is 0 Å². The number of rotatable bonds is 0. The van der Waals surface area contributed by atoms with Gasteiger partial charge in [0.05, 0.1) is 0 Å². The number of allylic oxidation sites excluding steroid dienone is 5. The van der Waals surface area contributed by atoms with E-state index in [-0.39, 0.29) is 0 Å². The summed E-state index contributed by atoms with van der Waals surface area (Å²) in [7, 11) is 0. The number of nitrogens with two attached hydrogens (primary N) is 1. The fourth-order valence-electron chi connectivity index (χ4n) is 0.590. The van der Waals surface area contributed by atoms with E-state index in [0.29, 0.717) is 0 Å². The van der Waals surface area contributed by atoms with E-state index in [2.05, 4.69) is 6.08 Å². The van der Waals surface area contributed by atoms with Crippen LogP contribution in [0.15, 0.2) is 30.0 Å². The van der Waals surface area contributed by atoms with Crippen molar-refractivity contribution in [3.8, 4) is 0 Å². The molecule has 0 bridgehead atoms. The molecule has 2 N–H and O–H groups in total. The van der Waals surface area contributed by atoms with Gasteiger partial charge in [0.15, 0.2) is 0 Å². The summed E-state index contributed by atoms with van der Waals surface area (Å²) in [6.45, 7) is 0. The van der Waals surface area contributed by atoms with Crippen LogP contribution in [0.3, 0.4) is 0 Å². The van der Waals surface area contributed by atoms with Crippen molar-refractivity contribution in [2.75, 3.05) is 0 Å². The smallest absolute Gasteiger partial charge is 0.000873 e. The van der Waals surface area contributed by atoms with Gasteiger partial charge in [-0.1, -0.05) is 18.2 Å². The summed E-state index contributed by atoms with van der Waals surface area (Å²) in [6.07, 6.45) is 11.3. The predicted octanol–water partition coefficient (Wildman–Crippen LogP) is 1.15. The highest BCUT2D eigenvalue weighted by Crippen LogP contribution is 2.06. The zero-order valence-corrected chi connectivity index (χ0v) is 4.59. The molecule has 1 nitrogen and oxygen atoms in total. The van der Waals surface area contributed by atoms with Crippen LogP contribution in [0, 0.1) is 6.08 Å². The molecule has 1 heteroatoms. The van der Waals surface area contributed by atoms with Crippen LogP contribution in [0.5, 0.6) is 0 Å². The van der Waals surface area contributed by atoms with E-state index in [4.69, 9.17) is 5.73 Å². The van der Waals surface area contributed by atoms with E-state index >= 15 is 0 Å². The average molecular weight is 106 g/mol. The summed E-state index contributed by atoms with van der Waals surface area (Å²) in [5.74, 6) is 0. The maximum absolute atomic E-state index is 5.24. The van der Waals surface area contributed by atoms with Crippen molar-refractivity contribution < 1.29 is 0 Å². The molecule has 8 heavy (non-hydrogen) atoms. The predicted molar refractivity (Wildman–Crippen MR) is 33.8 cm³/mol. The first-order valence-corrected chi connectivity index (χ1v) is 2.57. The van der Waals surface area contributed by atoms with Crippen LogP contribution >= 0.6 is 0 Å². The largest absolute Gasteiger partial charge is 0.404 e.